The summed E-state index contributed by atoms with van der Waals surface area (Å²) in [6.07, 6.45) is 0. The van der Waals surface area contributed by atoms with Crippen molar-refractivity contribution in [2.75, 3.05) is 5.75 Å². The van der Waals surface area contributed by atoms with E-state index in [-0.39, 0.29) is 11.9 Å². The quantitative estimate of drug-likeness (QED) is 0.852. The van der Waals surface area contributed by atoms with Crippen molar-refractivity contribution in [1.82, 2.24) is 5.32 Å². The molecular formula is C17H18ClNOS. The molecule has 0 saturated heterocycles. The molecular weight excluding hydrogens is 302 g/mol. The minimum absolute atomic E-state index is 0.0309. The molecule has 0 aliphatic heterocycles. The molecule has 0 radical (unpaired) electrons. The average molecular weight is 320 g/mol. The summed E-state index contributed by atoms with van der Waals surface area (Å²) in [5.41, 5.74) is 2.18. The average Bonchev–Trinajstić information content (AvgIpc) is 2.48. The maximum atomic E-state index is 12.0. The molecule has 2 aromatic carbocycles. The molecule has 0 aliphatic rings. The van der Waals surface area contributed by atoms with Crippen molar-refractivity contribution in [3.8, 4) is 0 Å². The van der Waals surface area contributed by atoms with Crippen molar-refractivity contribution in [3.63, 3.8) is 0 Å². The molecule has 1 N–H and O–H groups in total. The number of nitrogens with one attached hydrogen (secondary N) is 1. The maximum Gasteiger partial charge on any atom is 0.230 e. The fraction of sp³-hybridized carbons (Fsp3) is 0.235. The third kappa shape index (κ3) is 5.10. The molecule has 1 atom stereocenters. The van der Waals surface area contributed by atoms with E-state index in [2.05, 4.69) is 17.4 Å². The van der Waals surface area contributed by atoms with E-state index >= 15 is 0 Å². The van der Waals surface area contributed by atoms with Crippen LogP contribution in [0.25, 0.3) is 0 Å². The SMILES string of the molecule is C[C@H](NC(=O)CSCc1ccccc1)c1ccccc1Cl. The second-order valence-electron chi connectivity index (χ2n) is 4.79. The van der Waals surface area contributed by atoms with Gasteiger partial charge in [0.15, 0.2) is 0 Å². The van der Waals surface area contributed by atoms with Crippen LogP contribution in [0.4, 0.5) is 0 Å². The van der Waals surface area contributed by atoms with Crippen molar-refractivity contribution in [2.24, 2.45) is 0 Å². The number of hydrogen-bond acceptors (Lipinski definition) is 2. The van der Waals surface area contributed by atoms with Gasteiger partial charge in [0.1, 0.15) is 0 Å². The first-order valence-electron chi connectivity index (χ1n) is 6.82. The lowest BCUT2D eigenvalue weighted by atomic mass is 10.1. The lowest BCUT2D eigenvalue weighted by molar-refractivity contribution is -0.119. The number of amides is 1. The third-order valence-electron chi connectivity index (χ3n) is 3.09. The van der Waals surface area contributed by atoms with Gasteiger partial charge in [-0.3, -0.25) is 4.79 Å². The second-order valence-corrected chi connectivity index (χ2v) is 6.18. The fourth-order valence-corrected chi connectivity index (χ4v) is 3.12. The number of hydrogen-bond donors (Lipinski definition) is 1. The van der Waals surface area contributed by atoms with E-state index in [1.54, 1.807) is 11.8 Å². The van der Waals surface area contributed by atoms with Crippen LogP contribution in [-0.4, -0.2) is 11.7 Å². The summed E-state index contributed by atoms with van der Waals surface area (Å²) in [7, 11) is 0. The van der Waals surface area contributed by atoms with Gasteiger partial charge in [0, 0.05) is 10.8 Å². The highest BCUT2D eigenvalue weighted by molar-refractivity contribution is 7.99. The van der Waals surface area contributed by atoms with Gasteiger partial charge < -0.3 is 5.32 Å². The molecule has 0 bridgehead atoms. The lowest BCUT2D eigenvalue weighted by Crippen LogP contribution is -2.28. The van der Waals surface area contributed by atoms with E-state index in [0.717, 1.165) is 11.3 Å². The first-order chi connectivity index (χ1) is 10.2. The molecule has 21 heavy (non-hydrogen) atoms. The smallest absolute Gasteiger partial charge is 0.230 e. The standard InChI is InChI=1S/C17H18ClNOS/c1-13(15-9-5-6-10-16(15)18)19-17(20)12-21-11-14-7-3-2-4-8-14/h2-10,13H,11-12H2,1H3,(H,19,20)/t13-/m0/s1. The highest BCUT2D eigenvalue weighted by atomic mass is 35.5. The molecule has 2 nitrogen and oxygen atoms in total. The van der Waals surface area contributed by atoms with Crippen molar-refractivity contribution in [1.29, 1.82) is 0 Å². The monoisotopic (exact) mass is 319 g/mol. The second kappa shape index (κ2) is 8.11. The Morgan fingerprint density at radius 3 is 2.52 bits per heavy atom. The number of thioether (sulfide) groups is 1. The van der Waals surface area contributed by atoms with Crippen LogP contribution in [0.3, 0.4) is 0 Å². The van der Waals surface area contributed by atoms with Gasteiger partial charge in [-0.2, -0.15) is 0 Å². The Morgan fingerprint density at radius 1 is 1.14 bits per heavy atom. The summed E-state index contributed by atoms with van der Waals surface area (Å²) >= 11 is 7.74. The fourth-order valence-electron chi connectivity index (χ4n) is 2.02. The molecule has 0 aromatic heterocycles. The van der Waals surface area contributed by atoms with E-state index < -0.39 is 0 Å². The van der Waals surface area contributed by atoms with Gasteiger partial charge in [0.25, 0.3) is 0 Å². The predicted octanol–water partition coefficient (Wildman–Crippen LogP) is 4.45. The van der Waals surface area contributed by atoms with Gasteiger partial charge in [0.2, 0.25) is 5.91 Å². The molecule has 0 heterocycles. The summed E-state index contributed by atoms with van der Waals surface area (Å²) in [5, 5.41) is 3.66. The zero-order valence-electron chi connectivity index (χ0n) is 11.9. The molecule has 2 rings (SSSR count). The van der Waals surface area contributed by atoms with Gasteiger partial charge in [-0.05, 0) is 24.1 Å². The van der Waals surface area contributed by atoms with Crippen molar-refractivity contribution in [3.05, 3.63) is 70.7 Å². The lowest BCUT2D eigenvalue weighted by Gasteiger charge is -2.15. The molecule has 0 aliphatic carbocycles. The molecule has 0 fully saturated rings. The number of carbonyl (C=O) groups excluding carboxylic acids is 1. The normalized spacial score (nSPS) is 11.9. The number of rotatable bonds is 6. The van der Waals surface area contributed by atoms with Gasteiger partial charge in [-0.1, -0.05) is 60.1 Å². The minimum Gasteiger partial charge on any atom is -0.349 e. The topological polar surface area (TPSA) is 29.1 Å². The summed E-state index contributed by atoms with van der Waals surface area (Å²) in [4.78, 5) is 12.0. The van der Waals surface area contributed by atoms with Crippen LogP contribution < -0.4 is 5.32 Å². The Morgan fingerprint density at radius 2 is 1.81 bits per heavy atom. The first kappa shape index (κ1) is 15.9. The van der Waals surface area contributed by atoms with Crippen LogP contribution in [0, 0.1) is 0 Å². The van der Waals surface area contributed by atoms with Crippen molar-refractivity contribution in [2.45, 2.75) is 18.7 Å². The highest BCUT2D eigenvalue weighted by Gasteiger charge is 2.12. The highest BCUT2D eigenvalue weighted by Crippen LogP contribution is 2.22. The third-order valence-corrected chi connectivity index (χ3v) is 4.44. The molecule has 0 unspecified atom stereocenters. The van der Waals surface area contributed by atoms with Crippen LogP contribution >= 0.6 is 23.4 Å². The van der Waals surface area contributed by atoms with Crippen molar-refractivity contribution >= 4 is 29.3 Å². The summed E-state index contributed by atoms with van der Waals surface area (Å²) in [5.74, 6) is 1.32. The van der Waals surface area contributed by atoms with E-state index in [9.17, 15) is 4.79 Å². The largest absolute Gasteiger partial charge is 0.349 e. The summed E-state index contributed by atoms with van der Waals surface area (Å²) in [6, 6.07) is 17.6. The Hall–Kier alpha value is -1.45. The Kier molecular flexibility index (Phi) is 6.15. The van der Waals surface area contributed by atoms with Crippen molar-refractivity contribution < 1.29 is 4.79 Å². The zero-order chi connectivity index (χ0) is 15.1. The van der Waals surface area contributed by atoms with Gasteiger partial charge in [-0.15, -0.1) is 11.8 Å². The van der Waals surface area contributed by atoms with E-state index in [0.29, 0.717) is 10.8 Å². The molecule has 4 heteroatoms. The van der Waals surface area contributed by atoms with Crippen LogP contribution in [0.15, 0.2) is 54.6 Å². The molecule has 2 aromatic rings. The molecule has 0 saturated carbocycles. The maximum absolute atomic E-state index is 12.0. The van der Waals surface area contributed by atoms with E-state index in [4.69, 9.17) is 11.6 Å². The predicted molar refractivity (Wildman–Crippen MR) is 90.6 cm³/mol. The van der Waals surface area contributed by atoms with Crippen LogP contribution in [0.2, 0.25) is 5.02 Å². The summed E-state index contributed by atoms with van der Waals surface area (Å²) < 4.78 is 0. The van der Waals surface area contributed by atoms with Gasteiger partial charge >= 0.3 is 0 Å². The number of halogens is 1. The van der Waals surface area contributed by atoms with Gasteiger partial charge in [-0.25, -0.2) is 0 Å². The Bertz CT molecular complexity index is 588. The Labute approximate surface area is 134 Å². The number of carbonyl (C=O) groups is 1. The molecule has 1 amide bonds. The van der Waals surface area contributed by atoms with Crippen LogP contribution in [0.5, 0.6) is 0 Å². The minimum atomic E-state index is -0.0801. The Balaban J connectivity index is 1.78. The first-order valence-corrected chi connectivity index (χ1v) is 8.35. The molecule has 0 spiro atoms. The number of benzene rings is 2. The summed E-state index contributed by atoms with van der Waals surface area (Å²) in [6.45, 7) is 1.95. The van der Waals surface area contributed by atoms with Crippen LogP contribution in [0.1, 0.15) is 24.1 Å². The zero-order valence-corrected chi connectivity index (χ0v) is 13.5. The van der Waals surface area contributed by atoms with Gasteiger partial charge in [0.05, 0.1) is 11.8 Å². The molecule has 110 valence electrons. The van der Waals surface area contributed by atoms with E-state index in [1.807, 2.05) is 49.4 Å². The van der Waals surface area contributed by atoms with Crippen LogP contribution in [-0.2, 0) is 10.5 Å². The van der Waals surface area contributed by atoms with E-state index in [1.165, 1.54) is 5.56 Å².